The Labute approximate surface area is 176 Å². The van der Waals surface area contributed by atoms with Gasteiger partial charge in [-0.05, 0) is 50.7 Å². The number of rotatable bonds is 3. The molecule has 2 aromatic rings. The third kappa shape index (κ3) is 3.77. The number of aromatic nitrogens is 3. The summed E-state index contributed by atoms with van der Waals surface area (Å²) < 4.78 is 5.63. The molecule has 1 spiro atoms. The Morgan fingerprint density at radius 3 is 2.73 bits per heavy atom. The quantitative estimate of drug-likeness (QED) is 0.455. The number of nitrogens with two attached hydrogens (primary N) is 1. The van der Waals surface area contributed by atoms with Crippen LogP contribution in [0.4, 0.5) is 11.6 Å². The van der Waals surface area contributed by atoms with Crippen LogP contribution in [0.1, 0.15) is 30.5 Å². The number of hydrogen-bond donors (Lipinski definition) is 2. The van der Waals surface area contributed by atoms with Crippen molar-refractivity contribution >= 4 is 24.0 Å². The molecule has 0 aromatic carbocycles. The number of aromatic amines is 1. The minimum Gasteiger partial charge on any atom is -0.384 e. The summed E-state index contributed by atoms with van der Waals surface area (Å²) in [6, 6.07) is 3.70. The number of likely N-dealkylation sites (tertiary alicyclic amines) is 1. The zero-order valence-corrected chi connectivity index (χ0v) is 17.8. The highest BCUT2D eigenvalue weighted by Crippen LogP contribution is 2.39. The average Bonchev–Trinajstić information content (AvgIpc) is 3.34. The summed E-state index contributed by atoms with van der Waals surface area (Å²) in [4.78, 5) is 24.4. The van der Waals surface area contributed by atoms with Crippen molar-refractivity contribution < 1.29 is 9.53 Å². The van der Waals surface area contributed by atoms with Crippen LogP contribution in [-0.4, -0.2) is 70.7 Å². The van der Waals surface area contributed by atoms with Gasteiger partial charge in [0.25, 0.3) is 0 Å². The maximum absolute atomic E-state index is 11.6. The predicted molar refractivity (Wildman–Crippen MR) is 115 cm³/mol. The first-order valence-electron chi connectivity index (χ1n) is 10.3. The van der Waals surface area contributed by atoms with Crippen molar-refractivity contribution in [3.8, 4) is 11.3 Å². The first-order chi connectivity index (χ1) is 14.4. The number of aryl methyl sites for hydroxylation is 1. The zero-order valence-electron chi connectivity index (χ0n) is 17.8. The maximum Gasteiger partial charge on any atom is 0.216 e. The first-order valence-corrected chi connectivity index (χ1v) is 10.3. The Hall–Kier alpha value is -2.94. The number of H-pyrrole nitrogens is 1. The number of guanidine groups is 1. The molecule has 1 amide bonds. The fourth-order valence-electron chi connectivity index (χ4n) is 4.34. The lowest BCUT2D eigenvalue weighted by molar-refractivity contribution is -0.114. The SMILES string of the molecule is Cc1nc(N)ccc1-c1[nH]nc(N=C(N(C)C=O)N2CCC3(CCOC3)CC2)c1C. The molecule has 0 bridgehead atoms. The second-order valence-electron chi connectivity index (χ2n) is 8.33. The predicted octanol–water partition coefficient (Wildman–Crippen LogP) is 2.25. The molecule has 2 fully saturated rings. The summed E-state index contributed by atoms with van der Waals surface area (Å²) in [5.41, 5.74) is 9.58. The lowest BCUT2D eigenvalue weighted by Gasteiger charge is -2.40. The lowest BCUT2D eigenvalue weighted by Crippen LogP contribution is -2.48. The van der Waals surface area contributed by atoms with E-state index in [0.717, 1.165) is 74.5 Å². The number of amides is 1. The van der Waals surface area contributed by atoms with Crippen LogP contribution in [0, 0.1) is 19.3 Å². The average molecular weight is 412 g/mol. The highest BCUT2D eigenvalue weighted by atomic mass is 16.5. The van der Waals surface area contributed by atoms with Gasteiger partial charge in [-0.25, -0.2) is 4.98 Å². The zero-order chi connectivity index (χ0) is 21.3. The molecule has 9 nitrogen and oxygen atoms in total. The van der Waals surface area contributed by atoms with Gasteiger partial charge in [-0.1, -0.05) is 0 Å². The lowest BCUT2D eigenvalue weighted by atomic mass is 9.78. The van der Waals surface area contributed by atoms with Gasteiger partial charge in [0.05, 0.1) is 12.3 Å². The Balaban J connectivity index is 1.62. The minimum absolute atomic E-state index is 0.288. The van der Waals surface area contributed by atoms with Gasteiger partial charge in [-0.15, -0.1) is 0 Å². The second-order valence-corrected chi connectivity index (χ2v) is 8.33. The molecule has 4 heterocycles. The molecule has 160 valence electrons. The van der Waals surface area contributed by atoms with Crippen LogP contribution >= 0.6 is 0 Å². The molecule has 30 heavy (non-hydrogen) atoms. The number of nitrogens with one attached hydrogen (secondary N) is 1. The van der Waals surface area contributed by atoms with Crippen molar-refractivity contribution in [1.82, 2.24) is 25.0 Å². The molecule has 3 N–H and O–H groups in total. The number of anilines is 1. The molecule has 9 heteroatoms. The van der Waals surface area contributed by atoms with E-state index in [1.807, 2.05) is 19.9 Å². The van der Waals surface area contributed by atoms with Gasteiger partial charge >= 0.3 is 0 Å². The van der Waals surface area contributed by atoms with E-state index in [1.54, 1.807) is 13.1 Å². The van der Waals surface area contributed by atoms with E-state index in [9.17, 15) is 4.79 Å². The van der Waals surface area contributed by atoms with Crippen LogP contribution in [0.15, 0.2) is 17.1 Å². The van der Waals surface area contributed by atoms with Gasteiger partial charge in [0, 0.05) is 43.6 Å². The van der Waals surface area contributed by atoms with E-state index in [0.29, 0.717) is 17.6 Å². The fraction of sp³-hybridized carbons (Fsp3) is 0.524. The molecule has 0 unspecified atom stereocenters. The Morgan fingerprint density at radius 2 is 2.10 bits per heavy atom. The summed E-state index contributed by atoms with van der Waals surface area (Å²) in [7, 11) is 1.73. The molecule has 0 radical (unpaired) electrons. The van der Waals surface area contributed by atoms with Crippen LogP contribution < -0.4 is 5.73 Å². The smallest absolute Gasteiger partial charge is 0.216 e. The monoisotopic (exact) mass is 411 g/mol. The number of aliphatic imine (C=N–C) groups is 1. The molecule has 0 saturated carbocycles. The van der Waals surface area contributed by atoms with Crippen molar-refractivity contribution in [2.75, 3.05) is 39.1 Å². The second kappa shape index (κ2) is 8.06. The van der Waals surface area contributed by atoms with Gasteiger partial charge in [0.15, 0.2) is 5.82 Å². The highest BCUT2D eigenvalue weighted by molar-refractivity contribution is 5.90. The molecule has 0 atom stereocenters. The molecule has 2 aliphatic heterocycles. The van der Waals surface area contributed by atoms with Gasteiger partial charge in [-0.2, -0.15) is 10.1 Å². The van der Waals surface area contributed by atoms with Gasteiger partial charge in [0.1, 0.15) is 5.82 Å². The van der Waals surface area contributed by atoms with Crippen LogP contribution in [0.25, 0.3) is 11.3 Å². The number of ether oxygens (including phenoxy) is 1. The standard InChI is InChI=1S/C21H29N7O2/c1-14-18(16-4-5-17(22)23-15(16)2)25-26-19(14)24-20(27(3)13-29)28-9-6-21(7-10-28)8-11-30-12-21/h4-5,13H,6-12H2,1-3H3,(H2,22,23)(H,25,26). The van der Waals surface area contributed by atoms with Crippen LogP contribution in [0.3, 0.4) is 0 Å². The maximum atomic E-state index is 11.6. The summed E-state index contributed by atoms with van der Waals surface area (Å²) in [5, 5.41) is 7.49. The third-order valence-corrected chi connectivity index (χ3v) is 6.33. The van der Waals surface area contributed by atoms with E-state index in [1.165, 1.54) is 4.90 Å². The third-order valence-electron chi connectivity index (χ3n) is 6.33. The van der Waals surface area contributed by atoms with Gasteiger partial charge in [-0.3, -0.25) is 14.8 Å². The van der Waals surface area contributed by atoms with E-state index >= 15 is 0 Å². The first kappa shape index (κ1) is 20.3. The molecule has 0 aliphatic carbocycles. The number of hydrogen-bond acceptors (Lipinski definition) is 6. The summed E-state index contributed by atoms with van der Waals surface area (Å²) in [6.07, 6.45) is 3.99. The summed E-state index contributed by atoms with van der Waals surface area (Å²) in [6.45, 7) is 7.26. The highest BCUT2D eigenvalue weighted by Gasteiger charge is 2.39. The number of piperidine rings is 1. The number of carbonyl (C=O) groups is 1. The molecular formula is C21H29N7O2. The van der Waals surface area contributed by atoms with E-state index in [2.05, 4.69) is 20.1 Å². The summed E-state index contributed by atoms with van der Waals surface area (Å²) in [5.74, 6) is 1.67. The molecular weight excluding hydrogens is 382 g/mol. The normalized spacial score (nSPS) is 18.8. The van der Waals surface area contributed by atoms with Gasteiger partial charge in [0.2, 0.25) is 12.4 Å². The minimum atomic E-state index is 0.288. The molecule has 2 saturated heterocycles. The van der Waals surface area contributed by atoms with Gasteiger partial charge < -0.3 is 15.4 Å². The summed E-state index contributed by atoms with van der Waals surface area (Å²) >= 11 is 0. The van der Waals surface area contributed by atoms with Crippen molar-refractivity contribution in [1.29, 1.82) is 0 Å². The fourth-order valence-corrected chi connectivity index (χ4v) is 4.34. The van der Waals surface area contributed by atoms with E-state index < -0.39 is 0 Å². The number of pyridine rings is 1. The Kier molecular flexibility index (Phi) is 5.46. The Morgan fingerprint density at radius 1 is 1.33 bits per heavy atom. The van der Waals surface area contributed by atoms with Crippen LogP contribution in [0.2, 0.25) is 0 Å². The molecule has 2 aromatic heterocycles. The number of carbonyl (C=O) groups excluding carboxylic acids is 1. The largest absolute Gasteiger partial charge is 0.384 e. The van der Waals surface area contributed by atoms with Crippen molar-refractivity contribution in [2.24, 2.45) is 10.4 Å². The van der Waals surface area contributed by atoms with Crippen LogP contribution in [0.5, 0.6) is 0 Å². The molecule has 4 rings (SSSR count). The van der Waals surface area contributed by atoms with Crippen molar-refractivity contribution in [3.05, 3.63) is 23.4 Å². The number of nitrogens with zero attached hydrogens (tertiary/aromatic N) is 5. The topological polar surface area (TPSA) is 113 Å². The number of nitrogen functional groups attached to an aromatic ring is 1. The van der Waals surface area contributed by atoms with Crippen LogP contribution in [-0.2, 0) is 9.53 Å². The van der Waals surface area contributed by atoms with E-state index in [4.69, 9.17) is 15.5 Å². The van der Waals surface area contributed by atoms with Crippen molar-refractivity contribution in [3.63, 3.8) is 0 Å². The Bertz CT molecular complexity index is 952. The van der Waals surface area contributed by atoms with Crippen molar-refractivity contribution in [2.45, 2.75) is 33.1 Å². The molecule has 2 aliphatic rings. The van der Waals surface area contributed by atoms with E-state index in [-0.39, 0.29) is 5.41 Å².